The van der Waals surface area contributed by atoms with Gasteiger partial charge in [0.1, 0.15) is 30.5 Å². The number of benzene rings is 2. The molecule has 6 heteroatoms. The van der Waals surface area contributed by atoms with Gasteiger partial charge in [0.05, 0.1) is 7.11 Å². The summed E-state index contributed by atoms with van der Waals surface area (Å²) in [5.74, 6) is 1.07. The molecule has 126 valence electrons. The highest BCUT2D eigenvalue weighted by atomic mass is 79.9. The van der Waals surface area contributed by atoms with E-state index in [4.69, 9.17) is 19.3 Å². The molecule has 0 fully saturated rings. The van der Waals surface area contributed by atoms with Gasteiger partial charge in [0.25, 0.3) is 0 Å². The van der Waals surface area contributed by atoms with Crippen molar-refractivity contribution in [3.8, 4) is 17.2 Å². The van der Waals surface area contributed by atoms with Gasteiger partial charge in [-0.1, -0.05) is 15.9 Å². The van der Waals surface area contributed by atoms with Crippen LogP contribution in [0.4, 0.5) is 0 Å². The highest BCUT2D eigenvalue weighted by Gasteiger charge is 2.03. The molecule has 0 saturated heterocycles. The van der Waals surface area contributed by atoms with Gasteiger partial charge in [-0.2, -0.15) is 0 Å². The first-order chi connectivity index (χ1) is 11.6. The third kappa shape index (κ3) is 5.62. The summed E-state index contributed by atoms with van der Waals surface area (Å²) in [6.45, 7) is 0.700. The van der Waals surface area contributed by atoms with Gasteiger partial charge < -0.3 is 19.3 Å². The monoisotopic (exact) mass is 392 g/mol. The molecule has 0 aliphatic heterocycles. The molecular weight excluding hydrogens is 376 g/mol. The lowest BCUT2D eigenvalue weighted by molar-refractivity contribution is -0.131. The van der Waals surface area contributed by atoms with Crippen LogP contribution in [-0.2, 0) is 4.79 Å². The molecule has 2 aromatic rings. The molecule has 5 nitrogen and oxygen atoms in total. The van der Waals surface area contributed by atoms with Crippen molar-refractivity contribution in [1.29, 1.82) is 0 Å². The fourth-order valence-corrected chi connectivity index (χ4v) is 2.30. The molecule has 0 aromatic heterocycles. The van der Waals surface area contributed by atoms with Crippen LogP contribution in [0.3, 0.4) is 0 Å². The summed E-state index contributed by atoms with van der Waals surface area (Å²) in [5, 5.41) is 8.74. The largest absolute Gasteiger partial charge is 0.497 e. The summed E-state index contributed by atoms with van der Waals surface area (Å²) in [7, 11) is 1.61. The zero-order chi connectivity index (χ0) is 17.4. The van der Waals surface area contributed by atoms with Crippen LogP contribution in [0.5, 0.6) is 17.2 Å². The zero-order valence-electron chi connectivity index (χ0n) is 13.1. The molecule has 0 unspecified atom stereocenters. The van der Waals surface area contributed by atoms with Crippen molar-refractivity contribution in [3.63, 3.8) is 0 Å². The first kappa shape index (κ1) is 17.9. The molecule has 0 aliphatic rings. The molecule has 2 aromatic carbocycles. The molecule has 0 atom stereocenters. The average Bonchev–Trinajstić information content (AvgIpc) is 2.58. The van der Waals surface area contributed by atoms with Crippen molar-refractivity contribution in [2.45, 2.75) is 0 Å². The molecule has 2 rings (SSSR count). The highest BCUT2D eigenvalue weighted by molar-refractivity contribution is 9.10. The van der Waals surface area contributed by atoms with E-state index in [1.165, 1.54) is 6.08 Å². The molecular formula is C18H17BrO5. The number of hydrogen-bond donors (Lipinski definition) is 1. The van der Waals surface area contributed by atoms with Gasteiger partial charge in [0.15, 0.2) is 0 Å². The molecule has 0 heterocycles. The van der Waals surface area contributed by atoms with Crippen molar-refractivity contribution in [3.05, 3.63) is 58.6 Å². The van der Waals surface area contributed by atoms with Gasteiger partial charge in [0, 0.05) is 16.1 Å². The van der Waals surface area contributed by atoms with Crippen molar-refractivity contribution in [2.24, 2.45) is 0 Å². The number of aliphatic carboxylic acids is 1. The van der Waals surface area contributed by atoms with Crippen LogP contribution in [0, 0.1) is 0 Å². The number of methoxy groups -OCH3 is 1. The summed E-state index contributed by atoms with van der Waals surface area (Å²) < 4.78 is 17.2. The first-order valence-electron chi connectivity index (χ1n) is 7.18. The number of rotatable bonds is 8. The third-order valence-corrected chi connectivity index (χ3v) is 3.54. The van der Waals surface area contributed by atoms with E-state index in [0.29, 0.717) is 24.5 Å². The highest BCUT2D eigenvalue weighted by Crippen LogP contribution is 2.24. The minimum atomic E-state index is -1.01. The fourth-order valence-electron chi connectivity index (χ4n) is 1.93. The number of carboxylic acid groups (broad SMARTS) is 1. The van der Waals surface area contributed by atoms with Crippen molar-refractivity contribution in [1.82, 2.24) is 0 Å². The molecule has 24 heavy (non-hydrogen) atoms. The lowest BCUT2D eigenvalue weighted by Gasteiger charge is -2.11. The second-order valence-electron chi connectivity index (χ2n) is 4.73. The summed E-state index contributed by atoms with van der Waals surface area (Å²) in [4.78, 5) is 10.7. The van der Waals surface area contributed by atoms with E-state index in [1.807, 2.05) is 30.3 Å². The maximum Gasteiger partial charge on any atom is 0.328 e. The number of halogens is 1. The number of carboxylic acids is 1. The van der Waals surface area contributed by atoms with E-state index in [9.17, 15) is 4.79 Å². The van der Waals surface area contributed by atoms with E-state index >= 15 is 0 Å². The quantitative estimate of drug-likeness (QED) is 0.542. The third-order valence-electron chi connectivity index (χ3n) is 3.05. The van der Waals surface area contributed by atoms with Gasteiger partial charge in [-0.05, 0) is 48.5 Å². The van der Waals surface area contributed by atoms with E-state index in [-0.39, 0.29) is 0 Å². The van der Waals surface area contributed by atoms with Crippen molar-refractivity contribution >= 4 is 28.0 Å². The molecule has 1 N–H and O–H groups in total. The average molecular weight is 393 g/mol. The second kappa shape index (κ2) is 8.98. The number of ether oxygens (including phenoxy) is 3. The Labute approximate surface area is 148 Å². The molecule has 0 radical (unpaired) electrons. The summed E-state index contributed by atoms with van der Waals surface area (Å²) in [5.41, 5.74) is 0.677. The predicted octanol–water partition coefficient (Wildman–Crippen LogP) is 4.01. The Morgan fingerprint density at radius 2 is 1.75 bits per heavy atom. The molecule has 0 aliphatic carbocycles. The summed E-state index contributed by atoms with van der Waals surface area (Å²) >= 11 is 3.36. The van der Waals surface area contributed by atoms with E-state index < -0.39 is 5.97 Å². The van der Waals surface area contributed by atoms with Gasteiger partial charge in [-0.25, -0.2) is 4.79 Å². The fraction of sp³-hybridized carbons (Fsp3) is 0.167. The minimum absolute atomic E-state index is 0.335. The van der Waals surface area contributed by atoms with Crippen LogP contribution in [0.25, 0.3) is 6.08 Å². The van der Waals surface area contributed by atoms with Crippen LogP contribution < -0.4 is 14.2 Å². The predicted molar refractivity (Wildman–Crippen MR) is 94.8 cm³/mol. The minimum Gasteiger partial charge on any atom is -0.497 e. The van der Waals surface area contributed by atoms with Gasteiger partial charge >= 0.3 is 5.97 Å². The Kier molecular flexibility index (Phi) is 6.69. The SMILES string of the molecule is COc1ccc(OCCOc2ccc(Br)cc2C=CC(=O)O)cc1. The van der Waals surface area contributed by atoms with Crippen LogP contribution in [-0.4, -0.2) is 31.4 Å². The Balaban J connectivity index is 1.90. The van der Waals surface area contributed by atoms with Gasteiger partial charge in [0.2, 0.25) is 0 Å². The Bertz CT molecular complexity index is 710. The van der Waals surface area contributed by atoms with Crippen LogP contribution in [0.2, 0.25) is 0 Å². The van der Waals surface area contributed by atoms with E-state index in [2.05, 4.69) is 15.9 Å². The summed E-state index contributed by atoms with van der Waals surface area (Å²) in [6.07, 6.45) is 2.56. The van der Waals surface area contributed by atoms with Crippen molar-refractivity contribution in [2.75, 3.05) is 20.3 Å². The Hall–Kier alpha value is -2.47. The second-order valence-corrected chi connectivity index (χ2v) is 5.64. The maximum atomic E-state index is 10.7. The molecule has 0 spiro atoms. The number of hydrogen-bond acceptors (Lipinski definition) is 4. The lowest BCUT2D eigenvalue weighted by Crippen LogP contribution is -2.09. The van der Waals surface area contributed by atoms with E-state index in [1.54, 1.807) is 19.2 Å². The zero-order valence-corrected chi connectivity index (χ0v) is 14.7. The Morgan fingerprint density at radius 3 is 2.42 bits per heavy atom. The van der Waals surface area contributed by atoms with Crippen LogP contribution in [0.15, 0.2) is 53.0 Å². The number of carbonyl (C=O) groups is 1. The first-order valence-corrected chi connectivity index (χ1v) is 7.98. The Morgan fingerprint density at radius 1 is 1.08 bits per heavy atom. The normalized spacial score (nSPS) is 10.6. The lowest BCUT2D eigenvalue weighted by atomic mass is 10.2. The molecule has 0 bridgehead atoms. The molecule has 0 amide bonds. The standard InChI is InChI=1S/C18H17BrO5/c1-22-15-4-6-16(7-5-15)23-10-11-24-17-8-3-14(19)12-13(17)2-9-18(20)21/h2-9,12H,10-11H2,1H3,(H,20,21). The maximum absolute atomic E-state index is 10.7. The van der Waals surface area contributed by atoms with Crippen LogP contribution in [0.1, 0.15) is 5.56 Å². The van der Waals surface area contributed by atoms with Crippen molar-refractivity contribution < 1.29 is 24.1 Å². The molecule has 0 saturated carbocycles. The van der Waals surface area contributed by atoms with Gasteiger partial charge in [-0.15, -0.1) is 0 Å². The summed E-state index contributed by atoms with van der Waals surface area (Å²) in [6, 6.07) is 12.7. The van der Waals surface area contributed by atoms with E-state index in [0.717, 1.165) is 22.0 Å². The van der Waals surface area contributed by atoms with Gasteiger partial charge in [-0.3, -0.25) is 0 Å². The topological polar surface area (TPSA) is 65.0 Å². The van der Waals surface area contributed by atoms with Crippen LogP contribution >= 0.6 is 15.9 Å². The smallest absolute Gasteiger partial charge is 0.328 e.